The minimum atomic E-state index is -0.442. The normalized spacial score (nSPS) is 10.6. The largest absolute Gasteiger partial charge is 0.465 e. The van der Waals surface area contributed by atoms with Gasteiger partial charge >= 0.3 is 5.97 Å². The van der Waals surface area contributed by atoms with E-state index in [1.54, 1.807) is 48.5 Å². The van der Waals surface area contributed by atoms with Gasteiger partial charge in [0.2, 0.25) is 0 Å². The van der Waals surface area contributed by atoms with Gasteiger partial charge in [0, 0.05) is 22.2 Å². The van der Waals surface area contributed by atoms with Crippen LogP contribution in [0.5, 0.6) is 0 Å². The number of esters is 1. The molecule has 116 valence electrons. The van der Waals surface area contributed by atoms with Gasteiger partial charge in [-0.3, -0.25) is 0 Å². The second kappa shape index (κ2) is 6.44. The first kappa shape index (κ1) is 15.6. The lowest BCUT2D eigenvalue weighted by Crippen LogP contribution is -2.02. The molecule has 4 nitrogen and oxygen atoms in total. The van der Waals surface area contributed by atoms with E-state index in [0.29, 0.717) is 38.2 Å². The molecule has 1 aromatic heterocycles. The summed E-state index contributed by atoms with van der Waals surface area (Å²) >= 11 is 12.1. The molecular weight excluding hydrogens is 337 g/mol. The summed E-state index contributed by atoms with van der Waals surface area (Å²) in [5.74, 6) is 0.00934. The van der Waals surface area contributed by atoms with Crippen molar-refractivity contribution >= 4 is 29.2 Å². The van der Waals surface area contributed by atoms with Crippen molar-refractivity contribution in [1.29, 1.82) is 0 Å². The number of hydrogen-bond donors (Lipinski definition) is 0. The summed E-state index contributed by atoms with van der Waals surface area (Å²) in [6.45, 7) is 0. The number of ether oxygens (including phenoxy) is 1. The van der Waals surface area contributed by atoms with E-state index in [2.05, 4.69) is 5.16 Å². The van der Waals surface area contributed by atoms with Crippen LogP contribution in [0.2, 0.25) is 10.0 Å². The average molecular weight is 348 g/mol. The smallest absolute Gasteiger partial charge is 0.338 e. The molecule has 0 saturated heterocycles. The van der Waals surface area contributed by atoms with E-state index in [1.165, 1.54) is 7.11 Å². The van der Waals surface area contributed by atoms with Crippen LogP contribution in [0.3, 0.4) is 0 Å². The molecule has 6 heteroatoms. The van der Waals surface area contributed by atoms with Crippen LogP contribution < -0.4 is 0 Å². The number of nitrogens with zero attached hydrogens (tertiary/aromatic N) is 1. The monoisotopic (exact) mass is 347 g/mol. The number of methoxy groups -OCH3 is 1. The average Bonchev–Trinajstić information content (AvgIpc) is 3.03. The lowest BCUT2D eigenvalue weighted by Gasteiger charge is -2.03. The second-order valence-electron chi connectivity index (χ2n) is 4.74. The van der Waals surface area contributed by atoms with Gasteiger partial charge in [0.15, 0.2) is 5.76 Å². The van der Waals surface area contributed by atoms with Crippen LogP contribution in [0.4, 0.5) is 0 Å². The van der Waals surface area contributed by atoms with Crippen molar-refractivity contribution in [3.05, 3.63) is 64.1 Å². The highest BCUT2D eigenvalue weighted by molar-refractivity contribution is 6.36. The fourth-order valence-electron chi connectivity index (χ4n) is 2.21. The minimum Gasteiger partial charge on any atom is -0.465 e. The molecule has 0 aliphatic heterocycles. The standard InChI is InChI=1S/C17H11Cl2NO3/c1-22-17(21)12-5-3-2-4-11(12)16-9-15(20-23-16)13-7-6-10(18)8-14(13)19/h2-9H,1H3. The summed E-state index contributed by atoms with van der Waals surface area (Å²) in [4.78, 5) is 11.9. The predicted octanol–water partition coefficient (Wildman–Crippen LogP) is 5.10. The zero-order chi connectivity index (χ0) is 16.4. The van der Waals surface area contributed by atoms with Crippen molar-refractivity contribution in [2.24, 2.45) is 0 Å². The van der Waals surface area contributed by atoms with Gasteiger partial charge in [-0.2, -0.15) is 0 Å². The molecule has 0 amide bonds. The van der Waals surface area contributed by atoms with Crippen LogP contribution >= 0.6 is 23.2 Å². The Balaban J connectivity index is 2.05. The molecule has 0 N–H and O–H groups in total. The Morgan fingerprint density at radius 3 is 2.61 bits per heavy atom. The van der Waals surface area contributed by atoms with Gasteiger partial charge in [-0.05, 0) is 24.3 Å². The highest BCUT2D eigenvalue weighted by atomic mass is 35.5. The molecule has 2 aromatic carbocycles. The Hall–Kier alpha value is -2.30. The van der Waals surface area contributed by atoms with E-state index in [0.717, 1.165) is 0 Å². The van der Waals surface area contributed by atoms with Crippen LogP contribution in [0.25, 0.3) is 22.6 Å². The number of carbonyl (C=O) groups excluding carboxylic acids is 1. The quantitative estimate of drug-likeness (QED) is 0.618. The molecule has 1 heterocycles. The number of hydrogen-bond acceptors (Lipinski definition) is 4. The Bertz CT molecular complexity index is 874. The maximum absolute atomic E-state index is 11.9. The third-order valence-electron chi connectivity index (χ3n) is 3.32. The molecule has 0 radical (unpaired) electrons. The number of halogens is 2. The zero-order valence-electron chi connectivity index (χ0n) is 12.0. The van der Waals surface area contributed by atoms with Gasteiger partial charge < -0.3 is 9.26 Å². The van der Waals surface area contributed by atoms with E-state index >= 15 is 0 Å². The van der Waals surface area contributed by atoms with Crippen molar-refractivity contribution < 1.29 is 14.1 Å². The molecule has 0 spiro atoms. The van der Waals surface area contributed by atoms with Crippen LogP contribution in [0.15, 0.2) is 53.1 Å². The maximum Gasteiger partial charge on any atom is 0.338 e. The molecule has 0 unspecified atom stereocenters. The van der Waals surface area contributed by atoms with Crippen molar-refractivity contribution in [1.82, 2.24) is 5.16 Å². The third-order valence-corrected chi connectivity index (χ3v) is 3.86. The first-order valence-electron chi connectivity index (χ1n) is 6.70. The summed E-state index contributed by atoms with van der Waals surface area (Å²) in [5, 5.41) is 5.04. The fourth-order valence-corrected chi connectivity index (χ4v) is 2.72. The summed E-state index contributed by atoms with van der Waals surface area (Å²) in [6, 6.07) is 13.8. The molecule has 3 aromatic rings. The van der Waals surface area contributed by atoms with E-state index in [9.17, 15) is 4.79 Å². The second-order valence-corrected chi connectivity index (χ2v) is 5.58. The fraction of sp³-hybridized carbons (Fsp3) is 0.0588. The topological polar surface area (TPSA) is 52.3 Å². The van der Waals surface area contributed by atoms with E-state index < -0.39 is 5.97 Å². The van der Waals surface area contributed by atoms with Crippen LogP contribution in [-0.2, 0) is 4.74 Å². The third kappa shape index (κ3) is 3.09. The number of benzene rings is 2. The number of carbonyl (C=O) groups is 1. The molecule has 0 saturated carbocycles. The van der Waals surface area contributed by atoms with Gasteiger partial charge in [0.05, 0.1) is 17.7 Å². The van der Waals surface area contributed by atoms with Gasteiger partial charge in [-0.25, -0.2) is 4.79 Å². The SMILES string of the molecule is COC(=O)c1ccccc1-c1cc(-c2ccc(Cl)cc2Cl)no1. The summed E-state index contributed by atoms with van der Waals surface area (Å²) in [5.41, 5.74) is 2.26. The molecule has 23 heavy (non-hydrogen) atoms. The van der Waals surface area contributed by atoms with Crippen molar-refractivity contribution in [3.8, 4) is 22.6 Å². The lowest BCUT2D eigenvalue weighted by molar-refractivity contribution is 0.0601. The minimum absolute atomic E-state index is 0.403. The highest BCUT2D eigenvalue weighted by Crippen LogP contribution is 2.33. The van der Waals surface area contributed by atoms with Gasteiger partial charge in [0.25, 0.3) is 0 Å². The predicted molar refractivity (Wildman–Crippen MR) is 88.7 cm³/mol. The Kier molecular flexibility index (Phi) is 4.37. The Labute approximate surface area is 142 Å². The van der Waals surface area contributed by atoms with Gasteiger partial charge in [-0.15, -0.1) is 0 Å². The lowest BCUT2D eigenvalue weighted by atomic mass is 10.0. The van der Waals surface area contributed by atoms with Crippen LogP contribution in [0.1, 0.15) is 10.4 Å². The molecule has 3 rings (SSSR count). The molecule has 0 aliphatic carbocycles. The van der Waals surface area contributed by atoms with Crippen LogP contribution in [-0.4, -0.2) is 18.2 Å². The highest BCUT2D eigenvalue weighted by Gasteiger charge is 2.17. The number of aromatic nitrogens is 1. The molecular formula is C17H11Cl2NO3. The number of rotatable bonds is 3. The summed E-state index contributed by atoms with van der Waals surface area (Å²) < 4.78 is 10.2. The van der Waals surface area contributed by atoms with Crippen LogP contribution in [0, 0.1) is 0 Å². The first-order chi connectivity index (χ1) is 11.1. The zero-order valence-corrected chi connectivity index (χ0v) is 13.6. The van der Waals surface area contributed by atoms with Gasteiger partial charge in [0.1, 0.15) is 5.69 Å². The van der Waals surface area contributed by atoms with E-state index in [4.69, 9.17) is 32.5 Å². The summed E-state index contributed by atoms with van der Waals surface area (Å²) in [6.07, 6.45) is 0. The Morgan fingerprint density at radius 1 is 1.09 bits per heavy atom. The molecule has 0 fully saturated rings. The molecule has 0 aliphatic rings. The summed E-state index contributed by atoms with van der Waals surface area (Å²) in [7, 11) is 1.33. The van der Waals surface area contributed by atoms with E-state index in [-0.39, 0.29) is 0 Å². The van der Waals surface area contributed by atoms with E-state index in [1.807, 2.05) is 0 Å². The first-order valence-corrected chi connectivity index (χ1v) is 7.45. The van der Waals surface area contributed by atoms with Crippen molar-refractivity contribution in [3.63, 3.8) is 0 Å². The maximum atomic E-state index is 11.9. The Morgan fingerprint density at radius 2 is 1.87 bits per heavy atom. The molecule has 0 atom stereocenters. The van der Waals surface area contributed by atoms with Crippen molar-refractivity contribution in [2.45, 2.75) is 0 Å². The van der Waals surface area contributed by atoms with Gasteiger partial charge in [-0.1, -0.05) is 46.6 Å². The van der Waals surface area contributed by atoms with Crippen molar-refractivity contribution in [2.75, 3.05) is 7.11 Å². The molecule has 0 bridgehead atoms.